The van der Waals surface area contributed by atoms with Crippen LogP contribution < -0.4 is 15.6 Å². The molecule has 4 rings (SSSR count). The van der Waals surface area contributed by atoms with Crippen molar-refractivity contribution >= 4 is 38.5 Å². The van der Waals surface area contributed by atoms with Gasteiger partial charge in [0.05, 0.1) is 17.4 Å². The van der Waals surface area contributed by atoms with Crippen molar-refractivity contribution in [3.63, 3.8) is 0 Å². The lowest BCUT2D eigenvalue weighted by Crippen LogP contribution is -2.29. The van der Waals surface area contributed by atoms with E-state index in [1.807, 2.05) is 0 Å². The first-order valence-corrected chi connectivity index (χ1v) is 11.1. The molecule has 1 aliphatic heterocycles. The van der Waals surface area contributed by atoms with Crippen LogP contribution in [0.1, 0.15) is 19.3 Å². The minimum absolute atomic E-state index is 0.0133. The number of rotatable bonds is 6. The van der Waals surface area contributed by atoms with E-state index >= 15 is 0 Å². The third kappa shape index (κ3) is 4.48. The largest absolute Gasteiger partial charge is 0.326 e. The van der Waals surface area contributed by atoms with Crippen LogP contribution >= 0.6 is 0 Å². The van der Waals surface area contributed by atoms with Gasteiger partial charge in [0.2, 0.25) is 5.91 Å². The molecule has 0 spiro atoms. The summed E-state index contributed by atoms with van der Waals surface area (Å²) in [5.74, 6) is 0.0833. The number of hydrogen-bond acceptors (Lipinski definition) is 7. The van der Waals surface area contributed by atoms with E-state index in [9.17, 15) is 18.0 Å². The standard InChI is InChI=1S/C19H21N7O4S/c1-25-18-15(11-22-25)19(28)26(12-21-18)9-7-17(27)23-13-4-2-5-14(10-13)31(29,30)24-16-6-3-8-20-16/h2,4-5,10-12H,3,6-9H2,1H3,(H,20,24)(H,23,27). The quantitative estimate of drug-likeness (QED) is 0.573. The second-order valence-corrected chi connectivity index (χ2v) is 8.79. The summed E-state index contributed by atoms with van der Waals surface area (Å²) in [6.07, 6.45) is 4.25. The maximum atomic E-state index is 12.5. The molecule has 1 aromatic carbocycles. The highest BCUT2D eigenvalue weighted by Gasteiger charge is 2.19. The summed E-state index contributed by atoms with van der Waals surface area (Å²) < 4.78 is 30.4. The number of carbonyl (C=O) groups excluding carboxylic acids is 1. The molecule has 3 heterocycles. The lowest BCUT2D eigenvalue weighted by molar-refractivity contribution is -0.116. The molecule has 0 fully saturated rings. The number of nitrogens with zero attached hydrogens (tertiary/aromatic N) is 5. The van der Waals surface area contributed by atoms with Gasteiger partial charge in [-0.05, 0) is 24.6 Å². The number of hydrogen-bond donors (Lipinski definition) is 2. The fraction of sp³-hybridized carbons (Fsp3) is 0.316. The normalized spacial score (nSPS) is 13.9. The topological polar surface area (TPSA) is 140 Å². The first-order chi connectivity index (χ1) is 14.8. The smallest absolute Gasteiger partial charge is 0.264 e. The summed E-state index contributed by atoms with van der Waals surface area (Å²) in [6, 6.07) is 5.97. The van der Waals surface area contributed by atoms with E-state index in [0.29, 0.717) is 35.5 Å². The van der Waals surface area contributed by atoms with Crippen molar-refractivity contribution in [2.24, 2.45) is 12.0 Å². The summed E-state index contributed by atoms with van der Waals surface area (Å²) in [5, 5.41) is 7.05. The van der Waals surface area contributed by atoms with Crippen molar-refractivity contribution in [2.45, 2.75) is 30.7 Å². The number of anilines is 1. The van der Waals surface area contributed by atoms with Gasteiger partial charge in [-0.25, -0.2) is 13.4 Å². The first-order valence-electron chi connectivity index (χ1n) is 9.67. The zero-order valence-electron chi connectivity index (χ0n) is 16.8. The summed E-state index contributed by atoms with van der Waals surface area (Å²) >= 11 is 0. The number of amides is 1. The Hall–Kier alpha value is -3.54. The van der Waals surface area contributed by atoms with Gasteiger partial charge >= 0.3 is 0 Å². The van der Waals surface area contributed by atoms with E-state index in [0.717, 1.165) is 6.42 Å². The van der Waals surface area contributed by atoms with Crippen LogP contribution in [0, 0.1) is 0 Å². The number of nitrogens with one attached hydrogen (secondary N) is 2. The van der Waals surface area contributed by atoms with Crippen LogP contribution in [-0.2, 0) is 28.4 Å². The average molecular weight is 443 g/mol. The number of aliphatic imine (C=N–C) groups is 1. The lowest BCUT2D eigenvalue weighted by atomic mass is 10.3. The van der Waals surface area contributed by atoms with Gasteiger partial charge in [-0.15, -0.1) is 0 Å². The van der Waals surface area contributed by atoms with Crippen LogP contribution in [0.15, 0.2) is 51.5 Å². The molecular formula is C19H21N7O4S. The van der Waals surface area contributed by atoms with Crippen molar-refractivity contribution in [1.82, 2.24) is 24.1 Å². The fourth-order valence-electron chi connectivity index (χ4n) is 3.25. The highest BCUT2D eigenvalue weighted by molar-refractivity contribution is 7.90. The average Bonchev–Trinajstić information content (AvgIpc) is 3.37. The zero-order chi connectivity index (χ0) is 22.0. The number of aryl methyl sites for hydroxylation is 2. The molecule has 1 amide bonds. The molecule has 12 heteroatoms. The molecule has 1 aliphatic rings. The molecule has 0 unspecified atom stereocenters. The Morgan fingerprint density at radius 2 is 2.13 bits per heavy atom. The number of fused-ring (bicyclic) bond motifs is 1. The summed E-state index contributed by atoms with van der Waals surface area (Å²) in [7, 11) is -2.08. The Morgan fingerprint density at radius 1 is 1.29 bits per heavy atom. The van der Waals surface area contributed by atoms with Gasteiger partial charge in [0.1, 0.15) is 11.2 Å². The van der Waals surface area contributed by atoms with Crippen LogP contribution in [0.5, 0.6) is 0 Å². The molecule has 2 N–H and O–H groups in total. The molecular weight excluding hydrogens is 422 g/mol. The van der Waals surface area contributed by atoms with Gasteiger partial charge in [-0.3, -0.25) is 28.6 Å². The molecule has 3 aromatic rings. The van der Waals surface area contributed by atoms with Crippen molar-refractivity contribution in [2.75, 3.05) is 11.9 Å². The molecule has 0 aliphatic carbocycles. The molecule has 0 saturated carbocycles. The maximum Gasteiger partial charge on any atom is 0.264 e. The number of carbonyl (C=O) groups is 1. The van der Waals surface area contributed by atoms with Gasteiger partial charge in [0.25, 0.3) is 15.6 Å². The minimum Gasteiger partial charge on any atom is -0.326 e. The molecule has 0 atom stereocenters. The second-order valence-electron chi connectivity index (χ2n) is 7.11. The highest BCUT2D eigenvalue weighted by atomic mass is 32.2. The van der Waals surface area contributed by atoms with Crippen molar-refractivity contribution < 1.29 is 13.2 Å². The Morgan fingerprint density at radius 3 is 2.90 bits per heavy atom. The van der Waals surface area contributed by atoms with Crippen LogP contribution in [0.2, 0.25) is 0 Å². The minimum atomic E-state index is -3.78. The lowest BCUT2D eigenvalue weighted by Gasteiger charge is -2.10. The molecule has 2 aromatic heterocycles. The van der Waals surface area contributed by atoms with Gasteiger partial charge < -0.3 is 5.32 Å². The summed E-state index contributed by atoms with van der Waals surface area (Å²) in [5.41, 5.74) is 0.537. The van der Waals surface area contributed by atoms with Gasteiger partial charge in [0.15, 0.2) is 5.65 Å². The van der Waals surface area contributed by atoms with Crippen molar-refractivity contribution in [3.8, 4) is 0 Å². The summed E-state index contributed by atoms with van der Waals surface area (Å²) in [4.78, 5) is 33.2. The predicted molar refractivity (Wildman–Crippen MR) is 114 cm³/mol. The molecule has 0 saturated heterocycles. The molecule has 0 radical (unpaired) electrons. The van der Waals surface area contributed by atoms with Crippen molar-refractivity contribution in [3.05, 3.63) is 47.1 Å². The molecule has 0 bridgehead atoms. The van der Waals surface area contributed by atoms with Crippen molar-refractivity contribution in [1.29, 1.82) is 0 Å². The van der Waals surface area contributed by atoms with E-state index in [4.69, 9.17) is 0 Å². The SMILES string of the molecule is Cn1ncc2c(=O)n(CCC(=O)Nc3cccc(S(=O)(=O)NC4=NCCC4)c3)cnc21. The van der Waals surface area contributed by atoms with E-state index in [1.54, 1.807) is 19.2 Å². The van der Waals surface area contributed by atoms with Gasteiger partial charge in [0, 0.05) is 38.7 Å². The predicted octanol–water partition coefficient (Wildman–Crippen LogP) is 0.629. The van der Waals surface area contributed by atoms with E-state index in [1.165, 1.54) is 33.9 Å². The van der Waals surface area contributed by atoms with Crippen LogP contribution in [-0.4, -0.2) is 46.0 Å². The monoisotopic (exact) mass is 443 g/mol. The van der Waals surface area contributed by atoms with Gasteiger partial charge in [-0.2, -0.15) is 5.10 Å². The Balaban J connectivity index is 1.42. The van der Waals surface area contributed by atoms with E-state index < -0.39 is 10.0 Å². The maximum absolute atomic E-state index is 12.5. The summed E-state index contributed by atoms with van der Waals surface area (Å²) in [6.45, 7) is 0.738. The van der Waals surface area contributed by atoms with Crippen LogP contribution in [0.3, 0.4) is 0 Å². The number of sulfonamides is 1. The Bertz CT molecular complexity index is 1340. The molecule has 11 nitrogen and oxygen atoms in total. The van der Waals surface area contributed by atoms with Crippen LogP contribution in [0.25, 0.3) is 11.0 Å². The highest BCUT2D eigenvalue weighted by Crippen LogP contribution is 2.17. The number of benzene rings is 1. The first kappa shape index (κ1) is 20.7. The molecule has 31 heavy (non-hydrogen) atoms. The van der Waals surface area contributed by atoms with E-state index in [-0.39, 0.29) is 29.3 Å². The molecule has 162 valence electrons. The Kier molecular flexibility index (Phi) is 5.55. The fourth-order valence-corrected chi connectivity index (χ4v) is 4.38. The van der Waals surface area contributed by atoms with Gasteiger partial charge in [-0.1, -0.05) is 6.07 Å². The van der Waals surface area contributed by atoms with Crippen LogP contribution in [0.4, 0.5) is 5.69 Å². The zero-order valence-corrected chi connectivity index (χ0v) is 17.6. The number of amidine groups is 1. The third-order valence-corrected chi connectivity index (χ3v) is 6.23. The number of aromatic nitrogens is 4. The third-order valence-electron chi connectivity index (χ3n) is 4.85. The second kappa shape index (κ2) is 8.30. The van der Waals surface area contributed by atoms with E-state index in [2.05, 4.69) is 25.1 Å². The Labute approximate surface area is 177 Å².